The Morgan fingerprint density at radius 3 is 1.63 bits per heavy atom. The van der Waals surface area contributed by atoms with Crippen LogP contribution < -0.4 is 5.19 Å². The topological polar surface area (TPSA) is 51.8 Å². The van der Waals surface area contributed by atoms with E-state index in [4.69, 9.17) is 9.40 Å². The van der Waals surface area contributed by atoms with E-state index < -0.39 is 8.07 Å². The second-order valence-corrected chi connectivity index (χ2v) is 21.2. The number of hydrogen-bond donors (Lipinski definition) is 0. The van der Waals surface area contributed by atoms with Gasteiger partial charge in [0.1, 0.15) is 11.2 Å². The Kier molecular flexibility index (Phi) is 14.3. The quantitative estimate of drug-likeness (QED) is 0.149. The van der Waals surface area contributed by atoms with E-state index in [1.165, 1.54) is 21.9 Å². The van der Waals surface area contributed by atoms with Crippen LogP contribution >= 0.6 is 0 Å². The van der Waals surface area contributed by atoms with Crippen LogP contribution in [-0.4, -0.2) is 23.0 Å². The number of hydrogen-bond acceptors (Lipinski definition) is 4. The molecule has 62 heavy (non-hydrogen) atoms. The smallest absolute Gasteiger partial charge is 0.143 e. The molecule has 4 nitrogen and oxygen atoms in total. The Hall–Kier alpha value is -6.56. The van der Waals surface area contributed by atoms with Crippen LogP contribution in [0.1, 0.15) is 24.0 Å². The van der Waals surface area contributed by atoms with E-state index in [2.05, 4.69) is 176 Å². The maximum Gasteiger partial charge on any atom is 0.143 e. The minimum Gasteiger partial charge on any atom is -0.455 e. The first-order chi connectivity index (χ1) is 29.8. The summed E-state index contributed by atoms with van der Waals surface area (Å²) in [7, 11) is -1.22. The van der Waals surface area contributed by atoms with Crippen molar-refractivity contribution in [2.24, 2.45) is 0 Å². The zero-order chi connectivity index (χ0) is 42.0. The van der Waals surface area contributed by atoms with Gasteiger partial charge in [-0.2, -0.15) is 0 Å². The minimum absolute atomic E-state index is 0. The third kappa shape index (κ3) is 10.5. The molecule has 0 aliphatic rings. The zero-order valence-corrected chi connectivity index (χ0v) is 38.8. The standard InChI is InChI=1S/C31H23NO.C14H17NSi.C11H9N.Ir/c1-21(22-9-4-2-5-10-22)24-17-18-32-29(20-24)25-15-16-30-28(19-25)27-14-8-13-26(31(27)33-30)23-11-6-3-7-12-23;1-16(2,3)13-9-10-14(15-11-13)12-7-5-4-6-8-12;1-2-6-10(7-3-1)11-8-4-5-9-12-11;/h2-21H,1H3;4-11H,1-3H3;1-9H;. The van der Waals surface area contributed by atoms with Crippen molar-refractivity contribution < 1.29 is 24.5 Å². The molecule has 0 saturated heterocycles. The van der Waals surface area contributed by atoms with Gasteiger partial charge in [-0.1, -0.05) is 178 Å². The van der Waals surface area contributed by atoms with Gasteiger partial charge in [-0.3, -0.25) is 15.0 Å². The van der Waals surface area contributed by atoms with Crippen molar-refractivity contribution in [2.75, 3.05) is 0 Å². The van der Waals surface area contributed by atoms with Gasteiger partial charge in [-0.05, 0) is 70.4 Å². The van der Waals surface area contributed by atoms with Crippen LogP contribution in [0.4, 0.5) is 0 Å². The molecule has 4 aromatic heterocycles. The molecule has 4 heterocycles. The van der Waals surface area contributed by atoms with Gasteiger partial charge in [0, 0.05) is 77.6 Å². The molecule has 307 valence electrons. The van der Waals surface area contributed by atoms with Crippen LogP contribution in [0.15, 0.2) is 223 Å². The van der Waals surface area contributed by atoms with Crippen molar-refractivity contribution in [3.05, 3.63) is 230 Å². The molecular weight excluding hydrogens is 951 g/mol. The third-order valence-corrected chi connectivity index (χ3v) is 12.9. The van der Waals surface area contributed by atoms with Crippen molar-refractivity contribution in [3.63, 3.8) is 0 Å². The van der Waals surface area contributed by atoms with E-state index in [0.717, 1.165) is 61.3 Å². The number of fused-ring (bicyclic) bond motifs is 3. The van der Waals surface area contributed by atoms with Crippen molar-refractivity contribution >= 4 is 35.2 Å². The van der Waals surface area contributed by atoms with Gasteiger partial charge >= 0.3 is 0 Å². The summed E-state index contributed by atoms with van der Waals surface area (Å²) in [5, 5.41) is 3.65. The first kappa shape index (κ1) is 43.5. The van der Waals surface area contributed by atoms with Gasteiger partial charge in [-0.25, -0.2) is 0 Å². The SMILES string of the molecule is CC(c1ccccc1)c1ccnc(-c2ccc3oc4c(-c5ccccc5)cccc4c3c2)c1.C[Si](C)(C)c1ccc(-c2ccccc2)nc1.[Ir].c1ccc(-c2ccccn2)cc1. The Labute approximate surface area is 379 Å². The molecule has 6 aromatic carbocycles. The molecule has 0 saturated carbocycles. The van der Waals surface area contributed by atoms with Crippen molar-refractivity contribution in [2.45, 2.75) is 32.5 Å². The Morgan fingerprint density at radius 1 is 0.435 bits per heavy atom. The van der Waals surface area contributed by atoms with Crippen LogP contribution in [-0.2, 0) is 20.1 Å². The fourth-order valence-electron chi connectivity index (χ4n) is 7.37. The van der Waals surface area contributed by atoms with E-state index in [1.54, 1.807) is 0 Å². The average Bonchev–Trinajstić information content (AvgIpc) is 3.71. The fourth-order valence-corrected chi connectivity index (χ4v) is 8.41. The van der Waals surface area contributed by atoms with Crippen LogP contribution in [0.5, 0.6) is 0 Å². The molecule has 6 heteroatoms. The number of para-hydroxylation sites is 1. The normalized spacial score (nSPS) is 11.4. The largest absolute Gasteiger partial charge is 0.455 e. The van der Waals surface area contributed by atoms with Gasteiger partial charge in [0.15, 0.2) is 0 Å². The molecule has 10 aromatic rings. The van der Waals surface area contributed by atoms with Gasteiger partial charge in [0.25, 0.3) is 0 Å². The van der Waals surface area contributed by atoms with Crippen molar-refractivity contribution in [3.8, 4) is 44.9 Å². The molecular formula is C56H49IrN3OSi. The molecule has 0 spiro atoms. The van der Waals surface area contributed by atoms with Crippen LogP contribution in [0.2, 0.25) is 19.6 Å². The van der Waals surface area contributed by atoms with Gasteiger partial charge < -0.3 is 4.42 Å². The van der Waals surface area contributed by atoms with Crippen LogP contribution in [0, 0.1) is 0 Å². The number of aromatic nitrogens is 3. The minimum atomic E-state index is -1.22. The summed E-state index contributed by atoms with van der Waals surface area (Å²) in [6, 6.07) is 68.8. The molecule has 0 aliphatic carbocycles. The molecule has 10 rings (SSSR count). The average molecular weight is 1000 g/mol. The molecule has 1 radical (unpaired) electrons. The maximum absolute atomic E-state index is 6.33. The molecule has 0 N–H and O–H groups in total. The number of benzene rings is 6. The number of furan rings is 1. The monoisotopic (exact) mass is 1000 g/mol. The second kappa shape index (κ2) is 20.3. The third-order valence-electron chi connectivity index (χ3n) is 10.9. The van der Waals surface area contributed by atoms with Gasteiger partial charge in [-0.15, -0.1) is 0 Å². The number of pyridine rings is 3. The van der Waals surface area contributed by atoms with Crippen molar-refractivity contribution in [1.82, 2.24) is 15.0 Å². The summed E-state index contributed by atoms with van der Waals surface area (Å²) >= 11 is 0. The first-order valence-electron chi connectivity index (χ1n) is 20.8. The number of rotatable bonds is 7. The van der Waals surface area contributed by atoms with E-state index >= 15 is 0 Å². The Bertz CT molecular complexity index is 2900. The molecule has 0 aliphatic heterocycles. The van der Waals surface area contributed by atoms with Crippen LogP contribution in [0.25, 0.3) is 66.8 Å². The molecule has 0 amide bonds. The summed E-state index contributed by atoms with van der Waals surface area (Å²) < 4.78 is 6.33. The molecule has 0 fully saturated rings. The molecule has 0 bridgehead atoms. The fraction of sp³-hybridized carbons (Fsp3) is 0.0893. The summed E-state index contributed by atoms with van der Waals surface area (Å²) in [6.07, 6.45) is 5.76. The summed E-state index contributed by atoms with van der Waals surface area (Å²) in [5.74, 6) is 0.305. The zero-order valence-electron chi connectivity index (χ0n) is 35.4. The number of nitrogens with zero attached hydrogens (tertiary/aromatic N) is 3. The van der Waals surface area contributed by atoms with E-state index in [-0.39, 0.29) is 20.1 Å². The van der Waals surface area contributed by atoms with E-state index in [9.17, 15) is 0 Å². The Balaban J connectivity index is 0.000000165. The summed E-state index contributed by atoms with van der Waals surface area (Å²) in [5.41, 5.74) is 13.2. The maximum atomic E-state index is 6.33. The summed E-state index contributed by atoms with van der Waals surface area (Å²) in [6.45, 7) is 9.26. The van der Waals surface area contributed by atoms with Gasteiger partial charge in [0.2, 0.25) is 0 Å². The molecule has 1 atom stereocenters. The second-order valence-electron chi connectivity index (χ2n) is 16.1. The van der Waals surface area contributed by atoms with E-state index in [1.807, 2.05) is 79.3 Å². The first-order valence-corrected chi connectivity index (χ1v) is 24.3. The summed E-state index contributed by atoms with van der Waals surface area (Å²) in [4.78, 5) is 13.5. The predicted octanol–water partition coefficient (Wildman–Crippen LogP) is 14.5. The van der Waals surface area contributed by atoms with Crippen LogP contribution in [0.3, 0.4) is 0 Å². The molecule has 1 unspecified atom stereocenters. The Morgan fingerprint density at radius 2 is 1.03 bits per heavy atom. The van der Waals surface area contributed by atoms with E-state index in [0.29, 0.717) is 5.92 Å². The van der Waals surface area contributed by atoms with Gasteiger partial charge in [0.05, 0.1) is 25.2 Å². The predicted molar refractivity (Wildman–Crippen MR) is 259 cm³/mol. The van der Waals surface area contributed by atoms with Crippen molar-refractivity contribution in [1.29, 1.82) is 0 Å².